The monoisotopic (exact) mass is 348 g/mol. The highest BCUT2D eigenvalue weighted by Crippen LogP contribution is 2.18. The van der Waals surface area contributed by atoms with Crippen molar-refractivity contribution in [3.63, 3.8) is 0 Å². The molecule has 4 nitrogen and oxygen atoms in total. The van der Waals surface area contributed by atoms with Gasteiger partial charge in [0.1, 0.15) is 0 Å². The highest BCUT2D eigenvalue weighted by molar-refractivity contribution is 9.10. The van der Waals surface area contributed by atoms with Gasteiger partial charge < -0.3 is 5.32 Å². The van der Waals surface area contributed by atoms with Crippen LogP contribution in [0.1, 0.15) is 31.4 Å². The van der Waals surface area contributed by atoms with Crippen LogP contribution in [0.3, 0.4) is 0 Å². The molecule has 2 N–H and O–H groups in total. The van der Waals surface area contributed by atoms with Gasteiger partial charge in [-0.25, -0.2) is 13.1 Å². The SMILES string of the molecule is CNCCCCS(=O)(=O)NC(C)c1cccc(Br)c1. The average Bonchev–Trinajstić information content (AvgIpc) is 2.34. The van der Waals surface area contributed by atoms with Gasteiger partial charge in [-0.15, -0.1) is 0 Å². The number of nitrogens with one attached hydrogen (secondary N) is 2. The topological polar surface area (TPSA) is 58.2 Å². The van der Waals surface area contributed by atoms with E-state index in [2.05, 4.69) is 26.0 Å². The lowest BCUT2D eigenvalue weighted by atomic mass is 10.1. The van der Waals surface area contributed by atoms with E-state index in [1.165, 1.54) is 0 Å². The summed E-state index contributed by atoms with van der Waals surface area (Å²) in [5, 5.41) is 3.01. The van der Waals surface area contributed by atoms with Crippen molar-refractivity contribution in [3.8, 4) is 0 Å². The van der Waals surface area contributed by atoms with E-state index in [-0.39, 0.29) is 11.8 Å². The molecule has 1 aromatic carbocycles. The minimum absolute atomic E-state index is 0.174. The van der Waals surface area contributed by atoms with E-state index in [4.69, 9.17) is 0 Å². The van der Waals surface area contributed by atoms with E-state index in [9.17, 15) is 8.42 Å². The largest absolute Gasteiger partial charge is 0.320 e. The second-order valence-corrected chi connectivity index (χ2v) is 7.31. The first kappa shape index (κ1) is 16.6. The van der Waals surface area contributed by atoms with Crippen LogP contribution in [0.2, 0.25) is 0 Å². The quantitative estimate of drug-likeness (QED) is 0.709. The Labute approximate surface area is 124 Å². The first-order valence-electron chi connectivity index (χ1n) is 6.34. The van der Waals surface area contributed by atoms with E-state index in [0.29, 0.717) is 6.42 Å². The van der Waals surface area contributed by atoms with Crippen molar-refractivity contribution in [2.45, 2.75) is 25.8 Å². The maximum atomic E-state index is 11.9. The highest BCUT2D eigenvalue weighted by atomic mass is 79.9. The number of hydrogen-bond donors (Lipinski definition) is 2. The fourth-order valence-corrected chi connectivity index (χ4v) is 3.56. The van der Waals surface area contributed by atoms with E-state index in [1.54, 1.807) is 0 Å². The van der Waals surface area contributed by atoms with Crippen molar-refractivity contribution < 1.29 is 8.42 Å². The van der Waals surface area contributed by atoms with E-state index in [0.717, 1.165) is 23.0 Å². The van der Waals surface area contributed by atoms with Crippen LogP contribution in [-0.4, -0.2) is 27.8 Å². The Kier molecular flexibility index (Phi) is 6.99. The van der Waals surface area contributed by atoms with Crippen molar-refractivity contribution in [2.24, 2.45) is 0 Å². The fraction of sp³-hybridized carbons (Fsp3) is 0.538. The summed E-state index contributed by atoms with van der Waals surface area (Å²) in [5.74, 6) is 0.174. The summed E-state index contributed by atoms with van der Waals surface area (Å²) in [4.78, 5) is 0. The van der Waals surface area contributed by atoms with Crippen molar-refractivity contribution in [1.82, 2.24) is 10.0 Å². The third-order valence-electron chi connectivity index (χ3n) is 2.79. The average molecular weight is 349 g/mol. The minimum atomic E-state index is -3.22. The zero-order valence-corrected chi connectivity index (χ0v) is 13.7. The molecule has 0 aromatic heterocycles. The van der Waals surface area contributed by atoms with Gasteiger partial charge in [0.15, 0.2) is 0 Å². The lowest BCUT2D eigenvalue weighted by molar-refractivity contribution is 0.561. The van der Waals surface area contributed by atoms with Gasteiger partial charge in [-0.05, 0) is 51.1 Å². The lowest BCUT2D eigenvalue weighted by Gasteiger charge is -2.15. The molecule has 0 bridgehead atoms. The third-order valence-corrected chi connectivity index (χ3v) is 4.83. The maximum Gasteiger partial charge on any atom is 0.212 e. The van der Waals surface area contributed by atoms with Crippen LogP contribution in [-0.2, 0) is 10.0 Å². The van der Waals surface area contributed by atoms with E-state index in [1.807, 2.05) is 38.2 Å². The standard InChI is InChI=1S/C13H21BrN2O2S/c1-11(12-6-5-7-13(14)10-12)16-19(17,18)9-4-3-8-15-2/h5-7,10-11,15-16H,3-4,8-9H2,1-2H3. The molecule has 0 amide bonds. The van der Waals surface area contributed by atoms with Gasteiger partial charge in [-0.2, -0.15) is 0 Å². The summed E-state index contributed by atoms with van der Waals surface area (Å²) in [6.45, 7) is 2.70. The molecule has 1 aromatic rings. The number of benzene rings is 1. The van der Waals surface area contributed by atoms with Crippen LogP contribution in [0.25, 0.3) is 0 Å². The van der Waals surface area contributed by atoms with Gasteiger partial charge in [0.25, 0.3) is 0 Å². The normalized spacial score (nSPS) is 13.4. The Bertz CT molecular complexity index is 491. The lowest BCUT2D eigenvalue weighted by Crippen LogP contribution is -2.29. The Morgan fingerprint density at radius 1 is 1.32 bits per heavy atom. The predicted molar refractivity (Wildman–Crippen MR) is 82.6 cm³/mol. The molecule has 0 aliphatic carbocycles. The Morgan fingerprint density at radius 2 is 2.05 bits per heavy atom. The zero-order chi connectivity index (χ0) is 14.3. The van der Waals surface area contributed by atoms with Crippen molar-refractivity contribution in [1.29, 1.82) is 0 Å². The fourth-order valence-electron chi connectivity index (χ4n) is 1.77. The molecule has 19 heavy (non-hydrogen) atoms. The number of sulfonamides is 1. The second kappa shape index (κ2) is 7.99. The van der Waals surface area contributed by atoms with Crippen LogP contribution in [0, 0.1) is 0 Å². The molecule has 0 aliphatic heterocycles. The van der Waals surface area contributed by atoms with Crippen molar-refractivity contribution >= 4 is 26.0 Å². The molecule has 6 heteroatoms. The predicted octanol–water partition coefficient (Wildman–Crippen LogP) is 2.43. The second-order valence-electron chi connectivity index (χ2n) is 4.52. The summed E-state index contributed by atoms with van der Waals surface area (Å²) in [5.41, 5.74) is 0.952. The number of unbranched alkanes of at least 4 members (excludes halogenated alkanes) is 1. The third kappa shape index (κ3) is 6.51. The Balaban J connectivity index is 2.53. The molecular weight excluding hydrogens is 328 g/mol. The summed E-state index contributed by atoms with van der Waals surface area (Å²) in [6.07, 6.45) is 1.53. The van der Waals surface area contributed by atoms with Gasteiger partial charge in [0, 0.05) is 10.5 Å². The molecule has 0 saturated carbocycles. The molecule has 0 fully saturated rings. The van der Waals surface area contributed by atoms with Crippen LogP contribution < -0.4 is 10.0 Å². The summed E-state index contributed by atoms with van der Waals surface area (Å²) < 4.78 is 27.5. The smallest absolute Gasteiger partial charge is 0.212 e. The molecule has 1 rings (SSSR count). The van der Waals surface area contributed by atoms with Gasteiger partial charge in [-0.1, -0.05) is 28.1 Å². The highest BCUT2D eigenvalue weighted by Gasteiger charge is 2.15. The van der Waals surface area contributed by atoms with Gasteiger partial charge in [0.05, 0.1) is 5.75 Å². The van der Waals surface area contributed by atoms with Crippen LogP contribution in [0.15, 0.2) is 28.7 Å². The zero-order valence-electron chi connectivity index (χ0n) is 11.3. The first-order valence-corrected chi connectivity index (χ1v) is 8.79. The molecule has 108 valence electrons. The van der Waals surface area contributed by atoms with E-state index >= 15 is 0 Å². The van der Waals surface area contributed by atoms with Gasteiger partial charge >= 0.3 is 0 Å². The van der Waals surface area contributed by atoms with Gasteiger partial charge in [0.2, 0.25) is 10.0 Å². The van der Waals surface area contributed by atoms with Gasteiger partial charge in [-0.3, -0.25) is 0 Å². The van der Waals surface area contributed by atoms with Crippen molar-refractivity contribution in [3.05, 3.63) is 34.3 Å². The maximum absolute atomic E-state index is 11.9. The number of halogens is 1. The molecule has 0 saturated heterocycles. The molecule has 1 unspecified atom stereocenters. The summed E-state index contributed by atoms with van der Waals surface area (Å²) in [7, 11) is -1.35. The minimum Gasteiger partial charge on any atom is -0.320 e. The first-order chi connectivity index (χ1) is 8.94. The summed E-state index contributed by atoms with van der Waals surface area (Å²) in [6, 6.07) is 7.44. The van der Waals surface area contributed by atoms with E-state index < -0.39 is 10.0 Å². The van der Waals surface area contributed by atoms with Crippen molar-refractivity contribution in [2.75, 3.05) is 19.3 Å². The Hall–Kier alpha value is -0.430. The molecule has 1 atom stereocenters. The number of hydrogen-bond acceptors (Lipinski definition) is 3. The Morgan fingerprint density at radius 3 is 2.68 bits per heavy atom. The van der Waals surface area contributed by atoms with Crippen LogP contribution in [0.5, 0.6) is 0 Å². The number of rotatable bonds is 8. The molecular formula is C13H21BrN2O2S. The van der Waals surface area contributed by atoms with Crippen LogP contribution in [0.4, 0.5) is 0 Å². The van der Waals surface area contributed by atoms with Crippen LogP contribution >= 0.6 is 15.9 Å². The molecule has 0 spiro atoms. The molecule has 0 aliphatic rings. The molecule has 0 heterocycles. The molecule has 0 radical (unpaired) electrons. The summed E-state index contributed by atoms with van der Waals surface area (Å²) >= 11 is 3.39.